The van der Waals surface area contributed by atoms with Crippen molar-refractivity contribution in [3.8, 4) is 0 Å². The van der Waals surface area contributed by atoms with E-state index in [-0.39, 0.29) is 30.0 Å². The molecule has 1 aliphatic rings. The molecule has 1 amide bonds. The molecule has 0 aliphatic heterocycles. The van der Waals surface area contributed by atoms with Gasteiger partial charge in [0.05, 0.1) is 5.56 Å². The summed E-state index contributed by atoms with van der Waals surface area (Å²) in [6, 6.07) is 5.37. The molecular weight excluding hydrogens is 281 g/mol. The maximum absolute atomic E-state index is 12.9. The normalized spacial score (nSPS) is 22.3. The van der Waals surface area contributed by atoms with Crippen LogP contribution in [0.3, 0.4) is 0 Å². The zero-order chi connectivity index (χ0) is 15.6. The van der Waals surface area contributed by atoms with Crippen LogP contribution in [-0.4, -0.2) is 23.9 Å². The van der Waals surface area contributed by atoms with Crippen molar-refractivity contribution in [1.82, 2.24) is 4.90 Å². The maximum atomic E-state index is 12.9. The lowest BCUT2D eigenvalue weighted by atomic mass is 10.0. The monoisotopic (exact) mass is 300 g/mol. The molecule has 0 aromatic heterocycles. The molecule has 1 fully saturated rings. The van der Waals surface area contributed by atoms with E-state index in [1.807, 2.05) is 0 Å². The Morgan fingerprint density at radius 3 is 2.57 bits per heavy atom. The number of nitrogens with zero attached hydrogens (tertiary/aromatic N) is 1. The van der Waals surface area contributed by atoms with E-state index in [1.54, 1.807) is 13.1 Å². The second kappa shape index (κ2) is 6.05. The molecule has 0 saturated heterocycles. The first-order valence-electron chi connectivity index (χ1n) is 6.94. The number of benzene rings is 1. The minimum absolute atomic E-state index is 0.0230. The Kier molecular flexibility index (Phi) is 4.56. The molecule has 1 aromatic rings. The van der Waals surface area contributed by atoms with Gasteiger partial charge in [0.1, 0.15) is 0 Å². The molecule has 0 radical (unpaired) electrons. The van der Waals surface area contributed by atoms with Crippen molar-refractivity contribution in [3.05, 3.63) is 35.4 Å². The Morgan fingerprint density at radius 2 is 2.00 bits per heavy atom. The summed E-state index contributed by atoms with van der Waals surface area (Å²) in [4.78, 5) is 13.6. The van der Waals surface area contributed by atoms with Crippen molar-refractivity contribution >= 4 is 5.91 Å². The first-order valence-corrected chi connectivity index (χ1v) is 6.94. The Bertz CT molecular complexity index is 516. The number of carbonyl (C=O) groups excluding carboxylic acids is 1. The van der Waals surface area contributed by atoms with Gasteiger partial charge in [-0.15, -0.1) is 0 Å². The molecule has 0 unspecified atom stereocenters. The van der Waals surface area contributed by atoms with Gasteiger partial charge in [-0.05, 0) is 30.9 Å². The van der Waals surface area contributed by atoms with Crippen LogP contribution in [0.15, 0.2) is 24.3 Å². The molecule has 1 aromatic carbocycles. The molecule has 2 N–H and O–H groups in total. The predicted molar refractivity (Wildman–Crippen MR) is 73.2 cm³/mol. The third-order valence-corrected chi connectivity index (χ3v) is 3.93. The van der Waals surface area contributed by atoms with Gasteiger partial charge in [0.2, 0.25) is 5.91 Å². The average molecular weight is 300 g/mol. The third-order valence-electron chi connectivity index (χ3n) is 3.93. The summed E-state index contributed by atoms with van der Waals surface area (Å²) in [6.07, 6.45) is -2.28. The van der Waals surface area contributed by atoms with E-state index in [9.17, 15) is 18.0 Å². The minimum Gasteiger partial charge on any atom is -0.341 e. The lowest BCUT2D eigenvalue weighted by Crippen LogP contribution is -2.32. The summed E-state index contributed by atoms with van der Waals surface area (Å²) < 4.78 is 38.8. The van der Waals surface area contributed by atoms with Crippen molar-refractivity contribution in [2.24, 2.45) is 11.7 Å². The van der Waals surface area contributed by atoms with Crippen LogP contribution in [0, 0.1) is 5.92 Å². The Hall–Kier alpha value is -1.56. The number of amides is 1. The lowest BCUT2D eigenvalue weighted by Gasteiger charge is -2.23. The van der Waals surface area contributed by atoms with Crippen molar-refractivity contribution < 1.29 is 18.0 Å². The lowest BCUT2D eigenvalue weighted by molar-refractivity contribution is -0.140. The summed E-state index contributed by atoms with van der Waals surface area (Å²) in [5.41, 5.74) is 5.20. The van der Waals surface area contributed by atoms with E-state index in [1.165, 1.54) is 17.0 Å². The van der Waals surface area contributed by atoms with E-state index < -0.39 is 11.7 Å². The van der Waals surface area contributed by atoms with Gasteiger partial charge in [-0.25, -0.2) is 0 Å². The smallest absolute Gasteiger partial charge is 0.341 e. The Balaban J connectivity index is 2.09. The summed E-state index contributed by atoms with van der Waals surface area (Å²) >= 11 is 0. The van der Waals surface area contributed by atoms with Crippen LogP contribution >= 0.6 is 0 Å². The van der Waals surface area contributed by atoms with Crippen LogP contribution in [0.4, 0.5) is 13.2 Å². The Labute approximate surface area is 121 Å². The number of hydrogen-bond donors (Lipinski definition) is 1. The van der Waals surface area contributed by atoms with Gasteiger partial charge in [-0.3, -0.25) is 4.79 Å². The van der Waals surface area contributed by atoms with E-state index >= 15 is 0 Å². The highest BCUT2D eigenvalue weighted by atomic mass is 19.4. The molecule has 3 nitrogen and oxygen atoms in total. The first-order chi connectivity index (χ1) is 9.79. The third kappa shape index (κ3) is 3.75. The molecular formula is C15H19F3N2O. The SMILES string of the molecule is CN(Cc1ccccc1C(F)(F)F)C(=O)[C@H]1CC[C@H](N)C1. The standard InChI is InChI=1S/C15H19F3N2O/c1-20(14(21)10-6-7-12(19)8-10)9-11-4-2-3-5-13(11)15(16,17)18/h2-5,10,12H,6-9,19H2,1H3/t10-,12-/m0/s1. The summed E-state index contributed by atoms with van der Waals surface area (Å²) in [7, 11) is 1.54. The van der Waals surface area contributed by atoms with Crippen molar-refractivity contribution in [3.63, 3.8) is 0 Å². The summed E-state index contributed by atoms with van der Waals surface area (Å²) in [5.74, 6) is -0.289. The highest BCUT2D eigenvalue weighted by Crippen LogP contribution is 2.33. The van der Waals surface area contributed by atoms with Gasteiger partial charge in [0, 0.05) is 25.6 Å². The fourth-order valence-electron chi connectivity index (χ4n) is 2.82. The van der Waals surface area contributed by atoms with E-state index in [2.05, 4.69) is 0 Å². The minimum atomic E-state index is -4.41. The van der Waals surface area contributed by atoms with E-state index in [4.69, 9.17) is 5.73 Å². The zero-order valence-electron chi connectivity index (χ0n) is 11.9. The molecule has 0 bridgehead atoms. The summed E-state index contributed by atoms with van der Waals surface area (Å²) in [6.45, 7) is -0.0414. The van der Waals surface area contributed by atoms with Gasteiger partial charge in [-0.2, -0.15) is 13.2 Å². The van der Waals surface area contributed by atoms with Gasteiger partial charge in [0.15, 0.2) is 0 Å². The van der Waals surface area contributed by atoms with Gasteiger partial charge < -0.3 is 10.6 Å². The predicted octanol–water partition coefficient (Wildman–Crippen LogP) is 2.79. The van der Waals surface area contributed by atoms with Crippen LogP contribution < -0.4 is 5.73 Å². The molecule has 1 aliphatic carbocycles. The first kappa shape index (κ1) is 15.8. The largest absolute Gasteiger partial charge is 0.416 e. The average Bonchev–Trinajstić information content (AvgIpc) is 2.84. The number of hydrogen-bond acceptors (Lipinski definition) is 2. The maximum Gasteiger partial charge on any atom is 0.416 e. The molecule has 0 heterocycles. The molecule has 2 atom stereocenters. The number of nitrogens with two attached hydrogens (primary N) is 1. The fraction of sp³-hybridized carbons (Fsp3) is 0.533. The second-order valence-electron chi connectivity index (χ2n) is 5.62. The molecule has 116 valence electrons. The van der Waals surface area contributed by atoms with E-state index in [0.29, 0.717) is 12.8 Å². The topological polar surface area (TPSA) is 46.3 Å². The van der Waals surface area contributed by atoms with Gasteiger partial charge in [0.25, 0.3) is 0 Å². The van der Waals surface area contributed by atoms with Crippen molar-refractivity contribution in [2.75, 3.05) is 7.05 Å². The quantitative estimate of drug-likeness (QED) is 0.933. The molecule has 1 saturated carbocycles. The van der Waals surface area contributed by atoms with Crippen LogP contribution in [0.25, 0.3) is 0 Å². The van der Waals surface area contributed by atoms with E-state index in [0.717, 1.165) is 12.5 Å². The van der Waals surface area contributed by atoms with Crippen LogP contribution in [0.1, 0.15) is 30.4 Å². The summed E-state index contributed by atoms with van der Waals surface area (Å²) in [5, 5.41) is 0. The molecule has 2 rings (SSSR count). The number of halogens is 3. The van der Waals surface area contributed by atoms with Gasteiger partial charge in [-0.1, -0.05) is 18.2 Å². The van der Waals surface area contributed by atoms with Crippen LogP contribution in [0.2, 0.25) is 0 Å². The highest BCUT2D eigenvalue weighted by molar-refractivity contribution is 5.79. The zero-order valence-corrected chi connectivity index (χ0v) is 11.9. The van der Waals surface area contributed by atoms with Crippen LogP contribution in [-0.2, 0) is 17.5 Å². The number of alkyl halides is 3. The molecule has 0 spiro atoms. The van der Waals surface area contributed by atoms with Crippen molar-refractivity contribution in [1.29, 1.82) is 0 Å². The molecule has 21 heavy (non-hydrogen) atoms. The molecule has 6 heteroatoms. The highest BCUT2D eigenvalue weighted by Gasteiger charge is 2.34. The van der Waals surface area contributed by atoms with Crippen molar-refractivity contribution in [2.45, 2.75) is 38.0 Å². The Morgan fingerprint density at radius 1 is 1.33 bits per heavy atom. The van der Waals surface area contributed by atoms with Crippen LogP contribution in [0.5, 0.6) is 0 Å². The fourth-order valence-corrected chi connectivity index (χ4v) is 2.82. The number of rotatable bonds is 3. The van der Waals surface area contributed by atoms with Gasteiger partial charge >= 0.3 is 6.18 Å². The second-order valence-corrected chi connectivity index (χ2v) is 5.62. The number of carbonyl (C=O) groups is 1.